The van der Waals surface area contributed by atoms with Gasteiger partial charge in [0.2, 0.25) is 5.91 Å². The van der Waals surface area contributed by atoms with E-state index in [9.17, 15) is 9.18 Å². The number of carbonyl (C=O) groups is 1. The van der Waals surface area contributed by atoms with Crippen LogP contribution in [0.25, 0.3) is 0 Å². The molecule has 0 bridgehead atoms. The molecule has 2 rings (SSSR count). The normalized spacial score (nSPS) is 15.5. The number of rotatable bonds is 6. The van der Waals surface area contributed by atoms with Gasteiger partial charge in [0.25, 0.3) is 0 Å². The number of likely N-dealkylation sites (N-methyl/N-ethyl adjacent to an activating group) is 1. The lowest BCUT2D eigenvalue weighted by Gasteiger charge is -2.16. The van der Waals surface area contributed by atoms with Gasteiger partial charge in [-0.3, -0.25) is 4.79 Å². The summed E-state index contributed by atoms with van der Waals surface area (Å²) < 4.78 is 12.8. The average molecular weight is 287 g/mol. The number of benzene rings is 1. The van der Waals surface area contributed by atoms with Crippen molar-refractivity contribution in [2.45, 2.75) is 19.3 Å². The molecular formula is C14H20ClFN2O. The fourth-order valence-electron chi connectivity index (χ4n) is 2.14. The molecule has 19 heavy (non-hydrogen) atoms. The van der Waals surface area contributed by atoms with Gasteiger partial charge in [0.15, 0.2) is 0 Å². The fraction of sp³-hybridized carbons (Fsp3) is 0.500. The van der Waals surface area contributed by atoms with E-state index in [1.54, 1.807) is 7.05 Å². The van der Waals surface area contributed by atoms with Crippen LogP contribution in [-0.2, 0) is 11.2 Å². The van der Waals surface area contributed by atoms with Crippen molar-refractivity contribution in [3.05, 3.63) is 35.6 Å². The first-order valence-corrected chi connectivity index (χ1v) is 6.29. The molecule has 1 amide bonds. The van der Waals surface area contributed by atoms with E-state index in [1.807, 2.05) is 12.1 Å². The first kappa shape index (κ1) is 15.9. The Labute approximate surface area is 119 Å². The van der Waals surface area contributed by atoms with Gasteiger partial charge in [0, 0.05) is 6.54 Å². The maximum atomic E-state index is 12.8. The molecule has 1 aromatic rings. The van der Waals surface area contributed by atoms with Gasteiger partial charge in [0.1, 0.15) is 5.82 Å². The second-order valence-corrected chi connectivity index (χ2v) is 5.11. The Morgan fingerprint density at radius 1 is 1.32 bits per heavy atom. The number of hydrogen-bond donors (Lipinski definition) is 2. The second-order valence-electron chi connectivity index (χ2n) is 5.11. The molecule has 2 N–H and O–H groups in total. The van der Waals surface area contributed by atoms with E-state index < -0.39 is 0 Å². The van der Waals surface area contributed by atoms with Crippen molar-refractivity contribution in [3.8, 4) is 0 Å². The molecule has 1 aliphatic rings. The molecule has 0 aromatic heterocycles. The molecule has 1 aromatic carbocycles. The third-order valence-electron chi connectivity index (χ3n) is 3.45. The van der Waals surface area contributed by atoms with Crippen LogP contribution in [0.15, 0.2) is 24.3 Å². The number of nitrogens with one attached hydrogen (secondary N) is 2. The van der Waals surface area contributed by atoms with Crippen LogP contribution >= 0.6 is 12.4 Å². The Kier molecular flexibility index (Phi) is 5.76. The zero-order valence-corrected chi connectivity index (χ0v) is 11.9. The summed E-state index contributed by atoms with van der Waals surface area (Å²) in [6, 6.07) is 6.63. The van der Waals surface area contributed by atoms with Crippen molar-refractivity contribution >= 4 is 18.3 Å². The van der Waals surface area contributed by atoms with Crippen molar-refractivity contribution in [2.75, 3.05) is 20.1 Å². The molecule has 0 saturated heterocycles. The Balaban J connectivity index is 0.00000180. The van der Waals surface area contributed by atoms with Gasteiger partial charge < -0.3 is 10.6 Å². The summed E-state index contributed by atoms with van der Waals surface area (Å²) >= 11 is 0. The van der Waals surface area contributed by atoms with E-state index in [4.69, 9.17) is 0 Å². The molecule has 1 fully saturated rings. The van der Waals surface area contributed by atoms with E-state index in [2.05, 4.69) is 10.6 Å². The standard InChI is InChI=1S/C14H19FN2O.ClH/c1-16-9-13(18)17-10-14(6-7-14)8-11-2-4-12(15)5-3-11;/h2-5,16H,6-10H2,1H3,(H,17,18);1H. The third kappa shape index (κ3) is 4.80. The van der Waals surface area contributed by atoms with Gasteiger partial charge >= 0.3 is 0 Å². The summed E-state index contributed by atoms with van der Waals surface area (Å²) in [5.74, 6) is -0.172. The molecule has 0 unspecified atom stereocenters. The second kappa shape index (κ2) is 6.87. The minimum absolute atomic E-state index is 0. The van der Waals surface area contributed by atoms with Crippen LogP contribution in [0.1, 0.15) is 18.4 Å². The van der Waals surface area contributed by atoms with Crippen LogP contribution in [0, 0.1) is 11.2 Å². The van der Waals surface area contributed by atoms with E-state index in [0.29, 0.717) is 13.1 Å². The van der Waals surface area contributed by atoms with E-state index in [1.165, 1.54) is 12.1 Å². The SMILES string of the molecule is CNCC(=O)NCC1(Cc2ccc(F)cc2)CC1.Cl. The zero-order chi connectivity index (χ0) is 13.0. The number of halogens is 2. The molecule has 0 aliphatic heterocycles. The van der Waals surface area contributed by atoms with Crippen LogP contribution in [0.2, 0.25) is 0 Å². The highest BCUT2D eigenvalue weighted by molar-refractivity contribution is 5.85. The van der Waals surface area contributed by atoms with Gasteiger partial charge in [-0.1, -0.05) is 12.1 Å². The van der Waals surface area contributed by atoms with Crippen LogP contribution in [0.5, 0.6) is 0 Å². The Hall–Kier alpha value is -1.13. The van der Waals surface area contributed by atoms with Gasteiger partial charge in [-0.15, -0.1) is 12.4 Å². The molecule has 3 nitrogen and oxygen atoms in total. The summed E-state index contributed by atoms with van der Waals surface area (Å²) in [5, 5.41) is 5.77. The molecular weight excluding hydrogens is 267 g/mol. The van der Waals surface area contributed by atoms with Crippen LogP contribution in [0.3, 0.4) is 0 Å². The van der Waals surface area contributed by atoms with Gasteiger partial charge in [-0.2, -0.15) is 0 Å². The van der Waals surface area contributed by atoms with Crippen molar-refractivity contribution in [3.63, 3.8) is 0 Å². The number of amides is 1. The lowest BCUT2D eigenvalue weighted by Crippen LogP contribution is -2.36. The van der Waals surface area contributed by atoms with Crippen molar-refractivity contribution < 1.29 is 9.18 Å². The minimum Gasteiger partial charge on any atom is -0.354 e. The number of carbonyl (C=O) groups excluding carboxylic acids is 1. The molecule has 1 aliphatic carbocycles. The molecule has 1 saturated carbocycles. The van der Waals surface area contributed by atoms with E-state index in [0.717, 1.165) is 24.8 Å². The summed E-state index contributed by atoms with van der Waals surface area (Å²) in [6.07, 6.45) is 3.17. The monoisotopic (exact) mass is 286 g/mol. The Bertz CT molecular complexity index is 418. The summed E-state index contributed by atoms with van der Waals surface area (Å²) in [6.45, 7) is 1.07. The highest BCUT2D eigenvalue weighted by atomic mass is 35.5. The van der Waals surface area contributed by atoms with Crippen molar-refractivity contribution in [2.24, 2.45) is 5.41 Å². The largest absolute Gasteiger partial charge is 0.354 e. The van der Waals surface area contributed by atoms with Crippen molar-refractivity contribution in [1.29, 1.82) is 0 Å². The van der Waals surface area contributed by atoms with E-state index in [-0.39, 0.29) is 29.5 Å². The number of hydrogen-bond acceptors (Lipinski definition) is 2. The summed E-state index contributed by atoms with van der Waals surface area (Å²) in [4.78, 5) is 11.4. The van der Waals surface area contributed by atoms with Gasteiger partial charge in [-0.25, -0.2) is 4.39 Å². The first-order chi connectivity index (χ1) is 8.63. The Morgan fingerprint density at radius 3 is 2.47 bits per heavy atom. The summed E-state index contributed by atoms with van der Waals surface area (Å²) in [5.41, 5.74) is 1.33. The molecule has 0 atom stereocenters. The smallest absolute Gasteiger partial charge is 0.233 e. The van der Waals surface area contributed by atoms with Crippen LogP contribution in [-0.4, -0.2) is 26.0 Å². The van der Waals surface area contributed by atoms with Gasteiger partial charge in [-0.05, 0) is 49.4 Å². The molecule has 0 spiro atoms. The predicted octanol–water partition coefficient (Wildman–Crippen LogP) is 1.91. The van der Waals surface area contributed by atoms with E-state index >= 15 is 0 Å². The van der Waals surface area contributed by atoms with Gasteiger partial charge in [0.05, 0.1) is 6.54 Å². The van der Waals surface area contributed by atoms with Crippen LogP contribution < -0.4 is 10.6 Å². The maximum Gasteiger partial charge on any atom is 0.233 e. The maximum absolute atomic E-state index is 12.8. The predicted molar refractivity (Wildman–Crippen MR) is 76.0 cm³/mol. The van der Waals surface area contributed by atoms with Crippen LogP contribution in [0.4, 0.5) is 4.39 Å². The minimum atomic E-state index is -0.203. The average Bonchev–Trinajstić information content (AvgIpc) is 3.11. The quantitative estimate of drug-likeness (QED) is 0.839. The highest BCUT2D eigenvalue weighted by Gasteiger charge is 2.42. The van der Waals surface area contributed by atoms with Crippen molar-refractivity contribution in [1.82, 2.24) is 10.6 Å². The first-order valence-electron chi connectivity index (χ1n) is 6.29. The lowest BCUT2D eigenvalue weighted by atomic mass is 9.96. The highest BCUT2D eigenvalue weighted by Crippen LogP contribution is 2.47. The zero-order valence-electron chi connectivity index (χ0n) is 11.0. The molecule has 5 heteroatoms. The Morgan fingerprint density at radius 2 is 1.95 bits per heavy atom. The molecule has 106 valence electrons. The molecule has 0 radical (unpaired) electrons. The topological polar surface area (TPSA) is 41.1 Å². The molecule has 0 heterocycles. The third-order valence-corrected chi connectivity index (χ3v) is 3.45. The fourth-order valence-corrected chi connectivity index (χ4v) is 2.14. The lowest BCUT2D eigenvalue weighted by molar-refractivity contribution is -0.120. The summed E-state index contributed by atoms with van der Waals surface area (Å²) in [7, 11) is 1.75.